The van der Waals surface area contributed by atoms with Gasteiger partial charge in [0.15, 0.2) is 5.16 Å². The number of amides is 1. The number of hydrogen-bond donors (Lipinski definition) is 2. The molecule has 1 aromatic rings. The van der Waals surface area contributed by atoms with Crippen LogP contribution in [-0.4, -0.2) is 32.0 Å². The lowest BCUT2D eigenvalue weighted by Crippen LogP contribution is -2.37. The minimum atomic E-state index is -0.249. The lowest BCUT2D eigenvalue weighted by molar-refractivity contribution is -0.120. The molecule has 2 rings (SSSR count). The Balaban J connectivity index is 1.94. The average molecular weight is 298 g/mol. The largest absolute Gasteiger partial charge is 0.352 e. The van der Waals surface area contributed by atoms with Crippen LogP contribution in [0.5, 0.6) is 0 Å². The summed E-state index contributed by atoms with van der Waals surface area (Å²) in [6, 6.07) is 0.322. The smallest absolute Gasteiger partial charge is 0.343 e. The van der Waals surface area contributed by atoms with E-state index in [9.17, 15) is 9.59 Å². The lowest BCUT2D eigenvalue weighted by atomic mass is 10.2. The van der Waals surface area contributed by atoms with E-state index in [4.69, 9.17) is 0 Å². The number of nitrogens with zero attached hydrogens (tertiary/aromatic N) is 2. The average Bonchev–Trinajstić information content (AvgIpc) is 3.03. The minimum Gasteiger partial charge on any atom is -0.352 e. The number of H-pyrrole nitrogens is 1. The van der Waals surface area contributed by atoms with Gasteiger partial charge >= 0.3 is 5.69 Å². The van der Waals surface area contributed by atoms with E-state index < -0.39 is 0 Å². The highest BCUT2D eigenvalue weighted by Crippen LogP contribution is 2.22. The van der Waals surface area contributed by atoms with E-state index in [0.717, 1.165) is 19.3 Å². The molecule has 0 bridgehead atoms. The van der Waals surface area contributed by atoms with Crippen LogP contribution < -0.4 is 11.0 Å². The first-order valence-corrected chi connectivity index (χ1v) is 8.12. The molecule has 2 N–H and O–H groups in total. The second kappa shape index (κ2) is 6.97. The Hall–Kier alpha value is -1.24. The number of aromatic nitrogens is 3. The number of carbonyl (C=O) groups excluding carboxylic acids is 1. The maximum atomic E-state index is 12.1. The van der Waals surface area contributed by atoms with Gasteiger partial charge in [-0.2, -0.15) is 0 Å². The summed E-state index contributed by atoms with van der Waals surface area (Å²) < 4.78 is 1.59. The fraction of sp³-hybridized carbons (Fsp3) is 0.769. The van der Waals surface area contributed by atoms with E-state index in [2.05, 4.69) is 15.5 Å². The number of aromatic amines is 1. The monoisotopic (exact) mass is 298 g/mol. The van der Waals surface area contributed by atoms with Gasteiger partial charge in [0.05, 0.1) is 5.25 Å². The van der Waals surface area contributed by atoms with Crippen molar-refractivity contribution in [2.45, 2.75) is 68.9 Å². The molecule has 6 nitrogen and oxygen atoms in total. The van der Waals surface area contributed by atoms with E-state index in [0.29, 0.717) is 17.7 Å². The van der Waals surface area contributed by atoms with E-state index in [-0.39, 0.29) is 16.8 Å². The fourth-order valence-corrected chi connectivity index (χ4v) is 3.31. The van der Waals surface area contributed by atoms with E-state index in [1.165, 1.54) is 24.6 Å². The summed E-state index contributed by atoms with van der Waals surface area (Å²) in [6.45, 7) is 4.48. The van der Waals surface area contributed by atoms with Crippen LogP contribution in [-0.2, 0) is 11.3 Å². The van der Waals surface area contributed by atoms with Crippen molar-refractivity contribution < 1.29 is 4.79 Å². The first-order chi connectivity index (χ1) is 9.61. The minimum absolute atomic E-state index is 0.0281. The molecule has 0 aromatic carbocycles. The number of thioether (sulfide) groups is 1. The molecular weight excluding hydrogens is 276 g/mol. The van der Waals surface area contributed by atoms with Gasteiger partial charge in [0.1, 0.15) is 0 Å². The molecule has 0 spiro atoms. The molecule has 1 amide bonds. The zero-order valence-electron chi connectivity index (χ0n) is 12.0. The SMILES string of the molecule is CCCn1c(S[C@@H](C)C(=O)NC2CCCC2)n[nH]c1=O. The number of hydrogen-bond acceptors (Lipinski definition) is 4. The van der Waals surface area contributed by atoms with Crippen molar-refractivity contribution in [2.24, 2.45) is 0 Å². The standard InChI is InChI=1S/C13H22N4O2S/c1-3-8-17-12(19)15-16-13(17)20-9(2)11(18)14-10-6-4-5-7-10/h9-10H,3-8H2,1-2H3,(H,14,18)(H,15,19)/t9-/m0/s1. The van der Waals surface area contributed by atoms with Crippen molar-refractivity contribution in [3.05, 3.63) is 10.5 Å². The Kier molecular flexibility index (Phi) is 5.28. The Bertz CT molecular complexity index is 505. The molecule has 1 atom stereocenters. The van der Waals surface area contributed by atoms with Gasteiger partial charge in [0.25, 0.3) is 0 Å². The predicted octanol–water partition coefficient (Wildman–Crippen LogP) is 1.52. The molecule has 7 heteroatoms. The molecule has 0 unspecified atom stereocenters. The second-order valence-corrected chi connectivity index (χ2v) is 6.52. The zero-order valence-corrected chi connectivity index (χ0v) is 12.8. The van der Waals surface area contributed by atoms with Gasteiger partial charge in [-0.25, -0.2) is 9.89 Å². The zero-order chi connectivity index (χ0) is 14.5. The quantitative estimate of drug-likeness (QED) is 0.780. The van der Waals surface area contributed by atoms with Crippen molar-refractivity contribution in [3.63, 3.8) is 0 Å². The van der Waals surface area contributed by atoms with E-state index >= 15 is 0 Å². The molecule has 20 heavy (non-hydrogen) atoms. The fourth-order valence-electron chi connectivity index (χ4n) is 2.41. The molecule has 1 aromatic heterocycles. The van der Waals surface area contributed by atoms with E-state index in [1.807, 2.05) is 13.8 Å². The van der Waals surface area contributed by atoms with Gasteiger partial charge in [-0.1, -0.05) is 31.5 Å². The summed E-state index contributed by atoms with van der Waals surface area (Å²) in [5, 5.41) is 9.85. The van der Waals surface area contributed by atoms with Crippen molar-refractivity contribution >= 4 is 17.7 Å². The molecule has 0 saturated heterocycles. The Morgan fingerprint density at radius 2 is 2.25 bits per heavy atom. The van der Waals surface area contributed by atoms with Crippen LogP contribution in [0.15, 0.2) is 9.95 Å². The molecule has 1 aliphatic carbocycles. The summed E-state index contributed by atoms with van der Waals surface area (Å²) in [6.07, 6.45) is 5.40. The van der Waals surface area contributed by atoms with Crippen molar-refractivity contribution in [1.82, 2.24) is 20.1 Å². The number of nitrogens with one attached hydrogen (secondary N) is 2. The van der Waals surface area contributed by atoms with Gasteiger partial charge in [0.2, 0.25) is 5.91 Å². The summed E-state index contributed by atoms with van der Waals surface area (Å²) in [4.78, 5) is 23.7. The van der Waals surface area contributed by atoms with Gasteiger partial charge < -0.3 is 5.32 Å². The van der Waals surface area contributed by atoms with Crippen molar-refractivity contribution in [2.75, 3.05) is 0 Å². The van der Waals surface area contributed by atoms with Gasteiger partial charge in [-0.05, 0) is 26.2 Å². The topological polar surface area (TPSA) is 79.8 Å². The molecule has 1 heterocycles. The third-order valence-corrected chi connectivity index (χ3v) is 4.61. The van der Waals surface area contributed by atoms with Crippen LogP contribution in [0.1, 0.15) is 46.0 Å². The van der Waals surface area contributed by atoms with Gasteiger partial charge in [-0.15, -0.1) is 5.10 Å². The van der Waals surface area contributed by atoms with Crippen LogP contribution in [0.2, 0.25) is 0 Å². The third-order valence-electron chi connectivity index (χ3n) is 3.52. The normalized spacial score (nSPS) is 17.3. The Labute approximate surface area is 122 Å². The molecular formula is C13H22N4O2S. The van der Waals surface area contributed by atoms with E-state index in [1.54, 1.807) is 4.57 Å². The molecule has 1 fully saturated rings. The molecule has 1 aliphatic rings. The van der Waals surface area contributed by atoms with Crippen molar-refractivity contribution in [1.29, 1.82) is 0 Å². The highest BCUT2D eigenvalue weighted by Gasteiger charge is 2.23. The lowest BCUT2D eigenvalue weighted by Gasteiger charge is -2.16. The first-order valence-electron chi connectivity index (χ1n) is 7.24. The molecule has 112 valence electrons. The summed E-state index contributed by atoms with van der Waals surface area (Å²) >= 11 is 1.33. The summed E-state index contributed by atoms with van der Waals surface area (Å²) in [5.41, 5.74) is -0.210. The van der Waals surface area contributed by atoms with Crippen LogP contribution >= 0.6 is 11.8 Å². The van der Waals surface area contributed by atoms with Crippen LogP contribution in [0.4, 0.5) is 0 Å². The summed E-state index contributed by atoms with van der Waals surface area (Å²) in [5.74, 6) is 0.0281. The Morgan fingerprint density at radius 1 is 1.55 bits per heavy atom. The second-order valence-electron chi connectivity index (χ2n) is 5.21. The molecule has 0 radical (unpaired) electrons. The summed E-state index contributed by atoms with van der Waals surface area (Å²) in [7, 11) is 0. The highest BCUT2D eigenvalue weighted by atomic mass is 32.2. The van der Waals surface area contributed by atoms with Crippen molar-refractivity contribution in [3.8, 4) is 0 Å². The van der Waals surface area contributed by atoms with Crippen LogP contribution in [0.25, 0.3) is 0 Å². The molecule has 0 aliphatic heterocycles. The first kappa shape index (κ1) is 15.2. The maximum absolute atomic E-state index is 12.1. The van der Waals surface area contributed by atoms with Crippen LogP contribution in [0, 0.1) is 0 Å². The predicted molar refractivity (Wildman–Crippen MR) is 78.9 cm³/mol. The Morgan fingerprint density at radius 3 is 2.90 bits per heavy atom. The van der Waals surface area contributed by atoms with Gasteiger partial charge in [-0.3, -0.25) is 9.36 Å². The maximum Gasteiger partial charge on any atom is 0.343 e. The number of carbonyl (C=O) groups is 1. The molecule has 1 saturated carbocycles. The number of rotatable bonds is 6. The van der Waals surface area contributed by atoms with Crippen LogP contribution in [0.3, 0.4) is 0 Å². The third kappa shape index (κ3) is 3.65. The van der Waals surface area contributed by atoms with Gasteiger partial charge in [0, 0.05) is 12.6 Å². The highest BCUT2D eigenvalue weighted by molar-refractivity contribution is 8.00.